The number of ether oxygens (including phenoxy) is 1. The van der Waals surface area contributed by atoms with Crippen LogP contribution in [0.5, 0.6) is 0 Å². The van der Waals surface area contributed by atoms with Gasteiger partial charge in [0, 0.05) is 30.3 Å². The van der Waals surface area contributed by atoms with Crippen molar-refractivity contribution in [3.63, 3.8) is 0 Å². The number of rotatable bonds is 11. The third kappa shape index (κ3) is 7.51. The molecule has 4 N–H and O–H groups in total. The molecule has 14 heteroatoms. The number of benzene rings is 2. The molecule has 0 spiro atoms. The highest BCUT2D eigenvalue weighted by molar-refractivity contribution is 7.19. The lowest BCUT2D eigenvalue weighted by atomic mass is 10.0. The molecular formula is C43H52N8O5S. The smallest absolute Gasteiger partial charge is 0.407 e. The summed E-state index contributed by atoms with van der Waals surface area (Å²) in [5.41, 5.74) is 5.25. The van der Waals surface area contributed by atoms with Crippen LogP contribution in [0, 0.1) is 11.8 Å². The fourth-order valence-corrected chi connectivity index (χ4v) is 9.84. The molecule has 3 aliphatic rings. The number of imidazole rings is 2. The number of nitrogens with zero attached hydrogens (tertiary/aromatic N) is 4. The lowest BCUT2D eigenvalue weighted by Crippen LogP contribution is -2.51. The van der Waals surface area contributed by atoms with Crippen molar-refractivity contribution in [2.24, 2.45) is 11.8 Å². The van der Waals surface area contributed by atoms with Crippen molar-refractivity contribution < 1.29 is 23.9 Å². The Morgan fingerprint density at radius 2 is 1.51 bits per heavy atom. The van der Waals surface area contributed by atoms with Gasteiger partial charge in [0.2, 0.25) is 17.7 Å². The first-order valence-electron chi connectivity index (χ1n) is 20.3. The number of hydrogen-bond donors (Lipinski definition) is 4. The molecule has 1 aliphatic carbocycles. The second-order valence-electron chi connectivity index (χ2n) is 16.5. The summed E-state index contributed by atoms with van der Waals surface area (Å²) < 4.78 is 4.80. The van der Waals surface area contributed by atoms with Gasteiger partial charge in [0.15, 0.2) is 0 Å². The second-order valence-corrected chi connectivity index (χ2v) is 17.6. The fraction of sp³-hybridized carbons (Fsp3) is 0.488. The minimum Gasteiger partial charge on any atom is -0.453 e. The highest BCUT2D eigenvalue weighted by atomic mass is 32.1. The zero-order valence-electron chi connectivity index (χ0n) is 33.5. The molecule has 300 valence electrons. The van der Waals surface area contributed by atoms with E-state index in [2.05, 4.69) is 57.0 Å². The maximum Gasteiger partial charge on any atom is 0.407 e. The number of likely N-dealkylation sites (tertiary alicyclic amines) is 2. The highest BCUT2D eigenvalue weighted by Crippen LogP contribution is 2.50. The van der Waals surface area contributed by atoms with Crippen molar-refractivity contribution in [2.45, 2.75) is 103 Å². The Morgan fingerprint density at radius 3 is 2.14 bits per heavy atom. The zero-order chi connectivity index (χ0) is 40.1. The van der Waals surface area contributed by atoms with E-state index in [4.69, 9.17) is 14.7 Å². The number of amides is 4. The number of thiophene rings is 1. The van der Waals surface area contributed by atoms with Crippen molar-refractivity contribution in [3.8, 4) is 21.0 Å². The first-order chi connectivity index (χ1) is 27.4. The van der Waals surface area contributed by atoms with Crippen LogP contribution in [0.3, 0.4) is 0 Å². The molecule has 2 saturated heterocycles. The molecule has 2 aliphatic heterocycles. The topological polar surface area (TPSA) is 165 Å². The third-order valence-electron chi connectivity index (χ3n) is 11.8. The SMILES string of the molecule is COC(=O)N[C@H](C(=O)N1CCC[C@H]1c1nc2c(ccc3cc(-c4sc(-c5cnc([C@@H]6CCCN6C(=O)[C@@H](NC(C)=O)C(C)C)[nH]5)cc4C4CC4)ccc32)[nH]1)C(C)C. The maximum atomic E-state index is 13.7. The summed E-state index contributed by atoms with van der Waals surface area (Å²) in [6, 6.07) is 11.5. The molecule has 5 aromatic rings. The van der Waals surface area contributed by atoms with E-state index in [0.717, 1.165) is 75.3 Å². The summed E-state index contributed by atoms with van der Waals surface area (Å²) >= 11 is 1.77. The summed E-state index contributed by atoms with van der Waals surface area (Å²) in [6.45, 7) is 10.4. The average molecular weight is 793 g/mol. The van der Waals surface area contributed by atoms with Gasteiger partial charge in [-0.3, -0.25) is 14.4 Å². The number of methoxy groups -OCH3 is 1. The van der Waals surface area contributed by atoms with Gasteiger partial charge in [-0.25, -0.2) is 14.8 Å². The molecule has 13 nitrogen and oxygen atoms in total. The van der Waals surface area contributed by atoms with E-state index in [-0.39, 0.29) is 41.6 Å². The molecule has 4 amide bonds. The van der Waals surface area contributed by atoms with Gasteiger partial charge >= 0.3 is 6.09 Å². The van der Waals surface area contributed by atoms with E-state index in [0.29, 0.717) is 19.0 Å². The zero-order valence-corrected chi connectivity index (χ0v) is 34.3. The second kappa shape index (κ2) is 15.6. The molecule has 5 heterocycles. The molecule has 2 aromatic carbocycles. The molecule has 0 radical (unpaired) electrons. The van der Waals surface area contributed by atoms with Crippen molar-refractivity contribution in [3.05, 3.63) is 59.8 Å². The summed E-state index contributed by atoms with van der Waals surface area (Å²) in [5.74, 6) is 1.53. The van der Waals surface area contributed by atoms with Crippen LogP contribution in [0.4, 0.5) is 4.79 Å². The van der Waals surface area contributed by atoms with E-state index < -0.39 is 18.2 Å². The number of fused-ring (bicyclic) bond motifs is 3. The number of aromatic nitrogens is 4. The van der Waals surface area contributed by atoms with Crippen LogP contribution in [0.25, 0.3) is 42.8 Å². The number of nitrogens with one attached hydrogen (secondary N) is 4. The quantitative estimate of drug-likeness (QED) is 0.107. The van der Waals surface area contributed by atoms with Crippen LogP contribution in [0.1, 0.15) is 108 Å². The van der Waals surface area contributed by atoms with Gasteiger partial charge in [-0.05, 0) is 91.0 Å². The van der Waals surface area contributed by atoms with Gasteiger partial charge in [0.05, 0.1) is 47.0 Å². The van der Waals surface area contributed by atoms with Crippen LogP contribution >= 0.6 is 11.3 Å². The van der Waals surface area contributed by atoms with Gasteiger partial charge in [0.1, 0.15) is 23.7 Å². The minimum atomic E-state index is -0.691. The average Bonchev–Trinajstić information content (AvgIpc) is 3.78. The van der Waals surface area contributed by atoms with Crippen LogP contribution in [-0.2, 0) is 19.1 Å². The Hall–Kier alpha value is -5.24. The van der Waals surface area contributed by atoms with Gasteiger partial charge < -0.3 is 35.1 Å². The van der Waals surface area contributed by atoms with E-state index >= 15 is 0 Å². The van der Waals surface area contributed by atoms with Crippen molar-refractivity contribution in [1.82, 2.24) is 40.4 Å². The highest BCUT2D eigenvalue weighted by Gasteiger charge is 2.39. The van der Waals surface area contributed by atoms with Crippen molar-refractivity contribution >= 4 is 57.0 Å². The standard InChI is InChI=1S/C43H52N8O5S/c1-22(2)35(45-24(5)52)41(53)50-17-7-9-32(50)39-44-21-31(47-39)34-20-29(25-11-12-25)38(57-34)27-13-15-28-26(19-27)14-16-30-37(28)48-40(46-30)33-10-8-18-51(33)42(54)36(23(3)4)49-43(55)56-6/h13-16,19-23,25,32-33,35-36H,7-12,17-18H2,1-6H3,(H,44,47)(H,45,52)(H,46,48)(H,49,55)/t32-,33-,35-,36-/m0/s1. The van der Waals surface area contributed by atoms with Crippen LogP contribution < -0.4 is 10.6 Å². The molecular weight excluding hydrogens is 741 g/mol. The monoisotopic (exact) mass is 792 g/mol. The third-order valence-corrected chi connectivity index (χ3v) is 13.0. The molecule has 0 bridgehead atoms. The van der Waals surface area contributed by atoms with E-state index in [1.807, 2.05) is 43.7 Å². The van der Waals surface area contributed by atoms with Gasteiger partial charge in [-0.15, -0.1) is 11.3 Å². The summed E-state index contributed by atoms with van der Waals surface area (Å²) in [5, 5.41) is 7.72. The van der Waals surface area contributed by atoms with Gasteiger partial charge in [0.25, 0.3) is 0 Å². The predicted molar refractivity (Wildman–Crippen MR) is 220 cm³/mol. The number of hydrogen-bond acceptors (Lipinski definition) is 8. The first-order valence-corrected chi connectivity index (χ1v) is 21.1. The van der Waals surface area contributed by atoms with Crippen LogP contribution in [-0.4, -0.2) is 85.8 Å². The minimum absolute atomic E-state index is 0.0277. The first kappa shape index (κ1) is 38.6. The number of carbonyl (C=O) groups is 4. The maximum absolute atomic E-state index is 13.7. The summed E-state index contributed by atoms with van der Waals surface area (Å²) in [4.78, 5) is 74.5. The largest absolute Gasteiger partial charge is 0.453 e. The fourth-order valence-electron chi connectivity index (χ4n) is 8.63. The lowest BCUT2D eigenvalue weighted by molar-refractivity contribution is -0.138. The number of carbonyl (C=O) groups excluding carboxylic acids is 4. The molecule has 0 unspecified atom stereocenters. The molecule has 3 aromatic heterocycles. The van der Waals surface area contributed by atoms with E-state index in [9.17, 15) is 19.2 Å². The number of alkyl carbamates (subject to hydrolysis) is 1. The molecule has 57 heavy (non-hydrogen) atoms. The Labute approximate surface area is 336 Å². The number of aromatic amines is 2. The predicted octanol–water partition coefficient (Wildman–Crippen LogP) is 7.58. The summed E-state index contributed by atoms with van der Waals surface area (Å²) in [6.07, 6.45) is 6.95. The molecule has 8 rings (SSSR count). The van der Waals surface area contributed by atoms with Crippen LogP contribution in [0.2, 0.25) is 0 Å². The van der Waals surface area contributed by atoms with Gasteiger partial charge in [-0.2, -0.15) is 0 Å². The van der Waals surface area contributed by atoms with Gasteiger partial charge in [-0.1, -0.05) is 45.9 Å². The Balaban J connectivity index is 1.05. The van der Waals surface area contributed by atoms with Crippen LogP contribution in [0.15, 0.2) is 42.6 Å². The molecule has 4 atom stereocenters. The molecule has 1 saturated carbocycles. The molecule has 3 fully saturated rings. The summed E-state index contributed by atoms with van der Waals surface area (Å²) in [7, 11) is 1.30. The Kier molecular flexibility index (Phi) is 10.6. The Morgan fingerprint density at radius 1 is 0.842 bits per heavy atom. The normalized spacial score (nSPS) is 19.5. The van der Waals surface area contributed by atoms with Crippen molar-refractivity contribution in [2.75, 3.05) is 20.2 Å². The van der Waals surface area contributed by atoms with Crippen molar-refractivity contribution in [1.29, 1.82) is 0 Å². The lowest BCUT2D eigenvalue weighted by Gasteiger charge is -2.30. The van der Waals surface area contributed by atoms with E-state index in [1.54, 1.807) is 11.3 Å². The Bertz CT molecular complexity index is 2340. The van der Waals surface area contributed by atoms with E-state index in [1.165, 1.54) is 37.3 Å². The number of H-pyrrole nitrogens is 2.